The molecule has 1 aliphatic heterocycles. The number of hydrogen-bond donors (Lipinski definition) is 1. The van der Waals surface area contributed by atoms with Gasteiger partial charge in [0.15, 0.2) is 5.13 Å². The Hall–Kier alpha value is -2.91. The number of carbonyl (C=O) groups is 1. The number of methoxy groups -OCH3 is 1. The summed E-state index contributed by atoms with van der Waals surface area (Å²) in [5.74, 6) is 1.15. The fourth-order valence-electron chi connectivity index (χ4n) is 4.01. The zero-order valence-corrected chi connectivity index (χ0v) is 19.4. The maximum atomic E-state index is 13.1. The summed E-state index contributed by atoms with van der Waals surface area (Å²) in [6.07, 6.45) is 4.38. The van der Waals surface area contributed by atoms with Crippen LogP contribution in [0.1, 0.15) is 28.8 Å². The van der Waals surface area contributed by atoms with Crippen LogP contribution in [0.2, 0.25) is 0 Å². The van der Waals surface area contributed by atoms with Crippen LogP contribution >= 0.6 is 11.3 Å². The van der Waals surface area contributed by atoms with E-state index in [1.54, 1.807) is 24.6 Å². The summed E-state index contributed by atoms with van der Waals surface area (Å²) < 4.78 is 32.9. The summed E-state index contributed by atoms with van der Waals surface area (Å²) in [7, 11) is -2.07. The topological polar surface area (TPSA) is 88.6 Å². The first-order chi connectivity index (χ1) is 15.5. The predicted molar refractivity (Wildman–Crippen MR) is 125 cm³/mol. The molecule has 0 spiro atoms. The quantitative estimate of drug-likeness (QED) is 0.562. The smallest absolute Gasteiger partial charge is 0.263 e. The summed E-state index contributed by atoms with van der Waals surface area (Å²) in [4.78, 5) is 19.0. The van der Waals surface area contributed by atoms with E-state index >= 15 is 0 Å². The Bertz CT molecular complexity index is 1160. The van der Waals surface area contributed by atoms with Crippen LogP contribution in [0.15, 0.2) is 65.0 Å². The number of likely N-dealkylation sites (tertiary alicyclic amines) is 1. The highest BCUT2D eigenvalue weighted by atomic mass is 32.2. The van der Waals surface area contributed by atoms with Gasteiger partial charge >= 0.3 is 0 Å². The van der Waals surface area contributed by atoms with E-state index in [9.17, 15) is 13.2 Å². The molecule has 1 amide bonds. The molecule has 2 aromatic carbocycles. The molecule has 1 unspecified atom stereocenters. The summed E-state index contributed by atoms with van der Waals surface area (Å²) in [6, 6.07) is 14.0. The summed E-state index contributed by atoms with van der Waals surface area (Å²) in [6.45, 7) is 1.37. The standard InChI is InChI=1S/C23H25N3O4S2/c1-30-21-7-3-2-6-19(21)15-17-5-4-13-26(16-17)22(27)18-8-10-20(11-9-18)32(28,29)25-23-24-12-14-31-23/h2-3,6-12,14,17H,4-5,13,15-16H2,1H3,(H,24,25). The van der Waals surface area contributed by atoms with Gasteiger partial charge in [-0.05, 0) is 61.1 Å². The number of aromatic nitrogens is 1. The van der Waals surface area contributed by atoms with Gasteiger partial charge in [0.2, 0.25) is 0 Å². The molecule has 0 aliphatic carbocycles. The Kier molecular flexibility index (Phi) is 6.76. The molecule has 168 valence electrons. The maximum absolute atomic E-state index is 13.1. The van der Waals surface area contributed by atoms with Gasteiger partial charge in [0.25, 0.3) is 15.9 Å². The van der Waals surface area contributed by atoms with Crippen molar-refractivity contribution < 1.29 is 17.9 Å². The highest BCUT2D eigenvalue weighted by Crippen LogP contribution is 2.27. The molecule has 1 saturated heterocycles. The number of benzene rings is 2. The number of anilines is 1. The van der Waals surface area contributed by atoms with Crippen LogP contribution < -0.4 is 9.46 Å². The minimum atomic E-state index is -3.74. The van der Waals surface area contributed by atoms with Gasteiger partial charge in [0.1, 0.15) is 5.75 Å². The lowest BCUT2D eigenvalue weighted by atomic mass is 9.90. The number of sulfonamides is 1. The van der Waals surface area contributed by atoms with Gasteiger partial charge in [-0.15, -0.1) is 11.3 Å². The molecule has 1 N–H and O–H groups in total. The van der Waals surface area contributed by atoms with Crippen LogP contribution in [0.25, 0.3) is 0 Å². The summed E-state index contributed by atoms with van der Waals surface area (Å²) in [5, 5.41) is 2.00. The number of rotatable bonds is 7. The molecule has 7 nitrogen and oxygen atoms in total. The Morgan fingerprint density at radius 3 is 2.72 bits per heavy atom. The van der Waals surface area contributed by atoms with Gasteiger partial charge in [-0.3, -0.25) is 9.52 Å². The lowest BCUT2D eigenvalue weighted by Gasteiger charge is -2.33. The molecule has 32 heavy (non-hydrogen) atoms. The van der Waals surface area contributed by atoms with Crippen molar-refractivity contribution in [3.05, 3.63) is 71.2 Å². The number of amides is 1. The van der Waals surface area contributed by atoms with Gasteiger partial charge in [0, 0.05) is 30.2 Å². The molecule has 1 fully saturated rings. The molecule has 1 aliphatic rings. The Morgan fingerprint density at radius 2 is 2.00 bits per heavy atom. The third kappa shape index (κ3) is 5.11. The fourth-order valence-corrected chi connectivity index (χ4v) is 5.79. The summed E-state index contributed by atoms with van der Waals surface area (Å²) >= 11 is 1.20. The number of nitrogens with one attached hydrogen (secondary N) is 1. The van der Waals surface area contributed by atoms with E-state index in [2.05, 4.69) is 15.8 Å². The second kappa shape index (κ2) is 9.70. The minimum absolute atomic E-state index is 0.0773. The van der Waals surface area contributed by atoms with Crippen LogP contribution in [0, 0.1) is 5.92 Å². The first-order valence-electron chi connectivity index (χ1n) is 10.4. The monoisotopic (exact) mass is 471 g/mol. The second-order valence-electron chi connectivity index (χ2n) is 7.74. The van der Waals surface area contributed by atoms with Crippen LogP contribution in [0.5, 0.6) is 5.75 Å². The molecule has 0 bridgehead atoms. The van der Waals surface area contributed by atoms with E-state index in [0.717, 1.165) is 30.6 Å². The van der Waals surface area contributed by atoms with Gasteiger partial charge in [0.05, 0.1) is 12.0 Å². The van der Waals surface area contributed by atoms with Crippen LogP contribution in [-0.2, 0) is 16.4 Å². The van der Waals surface area contributed by atoms with E-state index in [0.29, 0.717) is 29.7 Å². The van der Waals surface area contributed by atoms with E-state index < -0.39 is 10.0 Å². The van der Waals surface area contributed by atoms with E-state index in [1.165, 1.54) is 29.7 Å². The zero-order valence-electron chi connectivity index (χ0n) is 17.7. The van der Waals surface area contributed by atoms with E-state index in [-0.39, 0.29) is 10.8 Å². The number of hydrogen-bond acceptors (Lipinski definition) is 6. The van der Waals surface area contributed by atoms with Crippen molar-refractivity contribution in [3.63, 3.8) is 0 Å². The zero-order chi connectivity index (χ0) is 22.6. The van der Waals surface area contributed by atoms with Gasteiger partial charge < -0.3 is 9.64 Å². The van der Waals surface area contributed by atoms with Crippen molar-refractivity contribution in [2.75, 3.05) is 24.9 Å². The lowest BCUT2D eigenvalue weighted by Crippen LogP contribution is -2.40. The first kappa shape index (κ1) is 22.3. The average Bonchev–Trinajstić information content (AvgIpc) is 3.31. The van der Waals surface area contributed by atoms with E-state index in [1.807, 2.05) is 23.1 Å². The number of thiazole rings is 1. The number of nitrogens with zero attached hydrogens (tertiary/aromatic N) is 2. The maximum Gasteiger partial charge on any atom is 0.263 e. The summed E-state index contributed by atoms with van der Waals surface area (Å²) in [5.41, 5.74) is 1.63. The van der Waals surface area contributed by atoms with Crippen LogP contribution in [0.3, 0.4) is 0 Å². The highest BCUT2D eigenvalue weighted by Gasteiger charge is 2.26. The van der Waals surface area contributed by atoms with Crippen molar-refractivity contribution in [1.82, 2.24) is 9.88 Å². The average molecular weight is 472 g/mol. The number of ether oxygens (including phenoxy) is 1. The Morgan fingerprint density at radius 1 is 1.22 bits per heavy atom. The first-order valence-corrected chi connectivity index (χ1v) is 12.8. The number of piperidine rings is 1. The lowest BCUT2D eigenvalue weighted by molar-refractivity contribution is 0.0673. The normalized spacial score (nSPS) is 16.5. The third-order valence-electron chi connectivity index (χ3n) is 5.57. The van der Waals surface area contributed by atoms with Crippen molar-refractivity contribution in [2.24, 2.45) is 5.92 Å². The fraction of sp³-hybridized carbons (Fsp3) is 0.304. The van der Waals surface area contributed by atoms with Crippen LogP contribution in [-0.4, -0.2) is 44.4 Å². The molecule has 1 atom stereocenters. The van der Waals surface area contributed by atoms with Crippen molar-refractivity contribution >= 4 is 32.4 Å². The second-order valence-corrected chi connectivity index (χ2v) is 10.3. The molecule has 2 heterocycles. The number of carbonyl (C=O) groups excluding carboxylic acids is 1. The molecule has 0 saturated carbocycles. The Balaban J connectivity index is 1.42. The van der Waals surface area contributed by atoms with Crippen molar-refractivity contribution in [3.8, 4) is 5.75 Å². The molecule has 4 rings (SSSR count). The molecule has 1 aromatic heterocycles. The molecule has 3 aromatic rings. The van der Waals surface area contributed by atoms with Crippen molar-refractivity contribution in [1.29, 1.82) is 0 Å². The molecule has 9 heteroatoms. The van der Waals surface area contributed by atoms with Crippen molar-refractivity contribution in [2.45, 2.75) is 24.2 Å². The molecular weight excluding hydrogens is 446 g/mol. The molecule has 0 radical (unpaired) electrons. The Labute approximate surface area is 192 Å². The largest absolute Gasteiger partial charge is 0.496 e. The van der Waals surface area contributed by atoms with Gasteiger partial charge in [-0.25, -0.2) is 13.4 Å². The van der Waals surface area contributed by atoms with Gasteiger partial charge in [-0.1, -0.05) is 18.2 Å². The van der Waals surface area contributed by atoms with E-state index in [4.69, 9.17) is 4.74 Å². The highest BCUT2D eigenvalue weighted by molar-refractivity contribution is 7.93. The molecular formula is C23H25N3O4S2. The SMILES string of the molecule is COc1ccccc1CC1CCCN(C(=O)c2ccc(S(=O)(=O)Nc3nccs3)cc2)C1. The number of para-hydroxylation sites is 1. The minimum Gasteiger partial charge on any atom is -0.496 e. The third-order valence-corrected chi connectivity index (χ3v) is 7.75. The van der Waals surface area contributed by atoms with Gasteiger partial charge in [-0.2, -0.15) is 0 Å². The van der Waals surface area contributed by atoms with Crippen LogP contribution in [0.4, 0.5) is 5.13 Å². The predicted octanol–water partition coefficient (Wildman–Crippen LogP) is 4.05.